The second-order valence-electron chi connectivity index (χ2n) is 11.3. The Morgan fingerprint density at radius 2 is 1.25 bits per heavy atom. The van der Waals surface area contributed by atoms with Gasteiger partial charge in [0.2, 0.25) is 0 Å². The van der Waals surface area contributed by atoms with E-state index in [2.05, 4.69) is 13.8 Å². The van der Waals surface area contributed by atoms with Gasteiger partial charge in [0.15, 0.2) is 0 Å². The lowest BCUT2D eigenvalue weighted by atomic mass is 9.92. The average Bonchev–Trinajstić information content (AvgIpc) is 3.69. The van der Waals surface area contributed by atoms with Crippen LogP contribution in [0.15, 0.2) is 0 Å². The highest BCUT2D eigenvalue weighted by molar-refractivity contribution is 4.79. The normalized spacial score (nSPS) is 18.0. The number of unbranched alkanes of at least 4 members (excludes halogenated alkanes) is 12. The van der Waals surface area contributed by atoms with Crippen molar-refractivity contribution in [1.29, 1.82) is 0 Å². The highest BCUT2D eigenvalue weighted by Gasteiger charge is 2.33. The minimum Gasteiger partial charge on any atom is -0.396 e. The minimum absolute atomic E-state index is 0.0163. The van der Waals surface area contributed by atoms with Gasteiger partial charge in [0.25, 0.3) is 0 Å². The second kappa shape index (κ2) is 22.7. The summed E-state index contributed by atoms with van der Waals surface area (Å²) in [6.45, 7) is 6.88. The molecule has 0 aromatic heterocycles. The molecule has 216 valence electrons. The number of hydrogen-bond acceptors (Lipinski definition) is 7. The van der Waals surface area contributed by atoms with Crippen LogP contribution in [0.3, 0.4) is 0 Å². The maximum atomic E-state index is 10.0. The molecule has 3 unspecified atom stereocenters. The molecular formula is C29H58O7. The van der Waals surface area contributed by atoms with E-state index in [1.54, 1.807) is 0 Å². The first kappa shape index (κ1) is 33.7. The van der Waals surface area contributed by atoms with Gasteiger partial charge in [-0.15, -0.1) is 0 Å². The highest BCUT2D eigenvalue weighted by atomic mass is 16.6. The first-order valence-electron chi connectivity index (χ1n) is 14.8. The summed E-state index contributed by atoms with van der Waals surface area (Å²) in [7, 11) is 0. The van der Waals surface area contributed by atoms with E-state index in [0.29, 0.717) is 26.4 Å². The molecule has 3 N–H and O–H groups in total. The smallest absolute Gasteiger partial charge is 0.104 e. The van der Waals surface area contributed by atoms with Gasteiger partial charge in [-0.3, -0.25) is 0 Å². The van der Waals surface area contributed by atoms with Gasteiger partial charge in [0, 0.05) is 6.61 Å². The number of epoxide rings is 1. The molecule has 1 fully saturated rings. The van der Waals surface area contributed by atoms with E-state index in [4.69, 9.17) is 24.1 Å². The summed E-state index contributed by atoms with van der Waals surface area (Å²) >= 11 is 0. The van der Waals surface area contributed by atoms with Gasteiger partial charge in [0.05, 0.1) is 58.3 Å². The third-order valence-corrected chi connectivity index (χ3v) is 6.86. The van der Waals surface area contributed by atoms with Crippen molar-refractivity contribution in [3.05, 3.63) is 0 Å². The molecule has 1 heterocycles. The third-order valence-electron chi connectivity index (χ3n) is 6.86. The van der Waals surface area contributed by atoms with E-state index >= 15 is 0 Å². The van der Waals surface area contributed by atoms with Gasteiger partial charge in [-0.1, -0.05) is 97.3 Å². The Labute approximate surface area is 221 Å². The zero-order valence-corrected chi connectivity index (χ0v) is 23.5. The van der Waals surface area contributed by atoms with Gasteiger partial charge in [-0.05, 0) is 12.3 Å². The molecule has 7 nitrogen and oxygen atoms in total. The van der Waals surface area contributed by atoms with E-state index in [9.17, 15) is 10.2 Å². The summed E-state index contributed by atoms with van der Waals surface area (Å²) in [5, 5.41) is 28.5. The van der Waals surface area contributed by atoms with Crippen LogP contribution in [0.1, 0.15) is 104 Å². The fourth-order valence-electron chi connectivity index (χ4n) is 4.29. The van der Waals surface area contributed by atoms with Crippen LogP contribution in [0.5, 0.6) is 0 Å². The zero-order chi connectivity index (χ0) is 26.3. The highest BCUT2D eigenvalue weighted by Crippen LogP contribution is 2.21. The molecular weight excluding hydrogens is 460 g/mol. The largest absolute Gasteiger partial charge is 0.396 e. The maximum absolute atomic E-state index is 10.0. The van der Waals surface area contributed by atoms with Crippen LogP contribution in [0, 0.1) is 11.3 Å². The Bertz CT molecular complexity index is 473. The summed E-state index contributed by atoms with van der Waals surface area (Å²) in [5.41, 5.74) is -0.682. The second-order valence-corrected chi connectivity index (χ2v) is 11.3. The Morgan fingerprint density at radius 1 is 0.750 bits per heavy atom. The molecule has 0 aliphatic carbocycles. The van der Waals surface area contributed by atoms with Crippen LogP contribution >= 0.6 is 0 Å². The van der Waals surface area contributed by atoms with Crippen molar-refractivity contribution in [1.82, 2.24) is 0 Å². The van der Waals surface area contributed by atoms with Crippen molar-refractivity contribution in [2.75, 3.05) is 59.5 Å². The quantitative estimate of drug-likeness (QED) is 0.100. The Morgan fingerprint density at radius 3 is 1.75 bits per heavy atom. The van der Waals surface area contributed by atoms with Crippen LogP contribution in [0.2, 0.25) is 0 Å². The lowest BCUT2D eigenvalue weighted by Gasteiger charge is -2.31. The molecule has 0 saturated carbocycles. The maximum Gasteiger partial charge on any atom is 0.104 e. The average molecular weight is 519 g/mol. The molecule has 7 heteroatoms. The standard InChI is InChI=1S/C29H58O7/c1-26(2)16-14-12-10-8-6-4-3-5-7-9-11-13-15-17-33-23-29(22-31,24-34-19-27(32)18-30)25-35-20-28-21-36-28/h26-28,30-32H,3-25H2,1-2H3. The Hall–Kier alpha value is -0.280. The molecule has 0 spiro atoms. The zero-order valence-electron chi connectivity index (χ0n) is 23.5. The monoisotopic (exact) mass is 518 g/mol. The van der Waals surface area contributed by atoms with Gasteiger partial charge in [-0.25, -0.2) is 0 Å². The summed E-state index contributed by atoms with van der Waals surface area (Å²) in [5.74, 6) is 0.853. The molecule has 1 rings (SSSR count). The Kier molecular flexibility index (Phi) is 21.3. The summed E-state index contributed by atoms with van der Waals surface area (Å²) < 4.78 is 22.3. The molecule has 0 radical (unpaired) electrons. The lowest BCUT2D eigenvalue weighted by molar-refractivity contribution is -0.106. The Balaban J connectivity index is 2.00. The van der Waals surface area contributed by atoms with Gasteiger partial charge in [-0.2, -0.15) is 0 Å². The van der Waals surface area contributed by atoms with Crippen LogP contribution in [0.4, 0.5) is 0 Å². The van der Waals surface area contributed by atoms with Crippen LogP contribution in [-0.2, 0) is 18.9 Å². The predicted molar refractivity (Wildman–Crippen MR) is 144 cm³/mol. The number of rotatable bonds is 28. The van der Waals surface area contributed by atoms with Crippen molar-refractivity contribution in [3.8, 4) is 0 Å². The van der Waals surface area contributed by atoms with Gasteiger partial charge >= 0.3 is 0 Å². The molecule has 1 aliphatic heterocycles. The topological polar surface area (TPSA) is 101 Å². The van der Waals surface area contributed by atoms with Crippen molar-refractivity contribution in [2.45, 2.75) is 116 Å². The summed E-state index contributed by atoms with van der Waals surface area (Å²) in [6, 6.07) is 0. The number of aliphatic hydroxyl groups excluding tert-OH is 3. The molecule has 1 aliphatic rings. The molecule has 36 heavy (non-hydrogen) atoms. The lowest BCUT2D eigenvalue weighted by Crippen LogP contribution is -2.42. The van der Waals surface area contributed by atoms with E-state index in [1.807, 2.05) is 0 Å². The van der Waals surface area contributed by atoms with Gasteiger partial charge in [0.1, 0.15) is 12.2 Å². The first-order chi connectivity index (χ1) is 17.5. The molecule has 0 aromatic carbocycles. The van der Waals surface area contributed by atoms with Crippen LogP contribution in [-0.4, -0.2) is 87.0 Å². The molecule has 1 saturated heterocycles. The summed E-state index contributed by atoms with van der Waals surface area (Å²) in [6.07, 6.45) is 17.9. The van der Waals surface area contributed by atoms with Crippen molar-refractivity contribution in [3.63, 3.8) is 0 Å². The van der Waals surface area contributed by atoms with Crippen LogP contribution < -0.4 is 0 Å². The van der Waals surface area contributed by atoms with E-state index in [1.165, 1.54) is 77.0 Å². The fraction of sp³-hybridized carbons (Fsp3) is 1.00. The molecule has 3 atom stereocenters. The van der Waals surface area contributed by atoms with Crippen LogP contribution in [0.25, 0.3) is 0 Å². The number of ether oxygens (including phenoxy) is 4. The molecule has 0 aromatic rings. The van der Waals surface area contributed by atoms with E-state index in [0.717, 1.165) is 25.4 Å². The molecule has 0 amide bonds. The number of aliphatic hydroxyl groups is 3. The van der Waals surface area contributed by atoms with Crippen molar-refractivity contribution >= 4 is 0 Å². The summed E-state index contributed by atoms with van der Waals surface area (Å²) in [4.78, 5) is 0. The third kappa shape index (κ3) is 19.8. The first-order valence-corrected chi connectivity index (χ1v) is 14.8. The van der Waals surface area contributed by atoms with E-state index < -0.39 is 11.5 Å². The fourth-order valence-corrected chi connectivity index (χ4v) is 4.29. The number of hydrogen-bond donors (Lipinski definition) is 3. The van der Waals surface area contributed by atoms with Crippen molar-refractivity contribution in [2.24, 2.45) is 11.3 Å². The van der Waals surface area contributed by atoms with E-state index in [-0.39, 0.29) is 32.5 Å². The van der Waals surface area contributed by atoms with Gasteiger partial charge < -0.3 is 34.3 Å². The predicted octanol–water partition coefficient (Wildman–Crippen LogP) is 4.88. The van der Waals surface area contributed by atoms with Crippen molar-refractivity contribution < 1.29 is 34.3 Å². The SMILES string of the molecule is CC(C)CCCCCCCCCCCCCCCOCC(CO)(COCC(O)CO)COCC1CO1. The molecule has 0 bridgehead atoms. The minimum atomic E-state index is -0.924.